The van der Waals surface area contributed by atoms with Crippen molar-refractivity contribution in [1.29, 1.82) is 5.26 Å². The Labute approximate surface area is 144 Å². The van der Waals surface area contributed by atoms with Crippen LogP contribution in [0.5, 0.6) is 5.75 Å². The third kappa shape index (κ3) is 3.23. The molecule has 0 aliphatic carbocycles. The van der Waals surface area contributed by atoms with Gasteiger partial charge in [0.05, 0.1) is 25.7 Å². The number of rotatable bonds is 4. The SMILES string of the molecule is N#CC1(N2C=CC(NC(=O)Cc3cc(Cl)ccc3O)=CC2)COC1. The summed E-state index contributed by atoms with van der Waals surface area (Å²) in [6.45, 7) is 1.29. The van der Waals surface area contributed by atoms with Gasteiger partial charge in [0.1, 0.15) is 5.75 Å². The molecule has 1 amide bonds. The highest BCUT2D eigenvalue weighted by Gasteiger charge is 2.43. The van der Waals surface area contributed by atoms with Gasteiger partial charge in [-0.05, 0) is 30.4 Å². The number of nitrogens with zero attached hydrogens (tertiary/aromatic N) is 2. The second-order valence-electron chi connectivity index (χ2n) is 5.76. The molecule has 0 atom stereocenters. The first-order valence-corrected chi connectivity index (χ1v) is 7.81. The van der Waals surface area contributed by atoms with E-state index in [9.17, 15) is 15.2 Å². The maximum atomic E-state index is 12.1. The molecule has 124 valence electrons. The predicted molar refractivity (Wildman–Crippen MR) is 88.1 cm³/mol. The maximum Gasteiger partial charge on any atom is 0.228 e. The average molecular weight is 346 g/mol. The summed E-state index contributed by atoms with van der Waals surface area (Å²) in [5.74, 6) is -0.214. The Kier molecular flexibility index (Phi) is 4.47. The first-order valence-electron chi connectivity index (χ1n) is 7.44. The smallest absolute Gasteiger partial charge is 0.228 e. The summed E-state index contributed by atoms with van der Waals surface area (Å²) in [6, 6.07) is 6.87. The van der Waals surface area contributed by atoms with Crippen molar-refractivity contribution in [1.82, 2.24) is 10.2 Å². The molecule has 2 N–H and O–H groups in total. The molecule has 3 rings (SSSR count). The average Bonchev–Trinajstić information content (AvgIpc) is 2.52. The van der Waals surface area contributed by atoms with Crippen LogP contribution in [0, 0.1) is 11.3 Å². The Bertz CT molecular complexity index is 763. The molecule has 0 unspecified atom stereocenters. The number of phenols is 1. The lowest BCUT2D eigenvalue weighted by molar-refractivity contribution is -0.119. The van der Waals surface area contributed by atoms with Crippen LogP contribution < -0.4 is 5.32 Å². The summed E-state index contributed by atoms with van der Waals surface area (Å²) in [5, 5.41) is 22.3. The number of nitriles is 1. The van der Waals surface area contributed by atoms with Gasteiger partial charge in [0.25, 0.3) is 0 Å². The van der Waals surface area contributed by atoms with Gasteiger partial charge in [-0.3, -0.25) is 4.79 Å². The highest BCUT2D eigenvalue weighted by atomic mass is 35.5. The second-order valence-corrected chi connectivity index (χ2v) is 6.20. The van der Waals surface area contributed by atoms with E-state index in [0.717, 1.165) is 0 Å². The number of carbonyl (C=O) groups excluding carboxylic acids is 1. The molecule has 1 aromatic rings. The van der Waals surface area contributed by atoms with E-state index in [1.54, 1.807) is 24.4 Å². The first-order chi connectivity index (χ1) is 11.5. The van der Waals surface area contributed by atoms with Gasteiger partial charge in [-0.25, -0.2) is 0 Å². The molecule has 1 fully saturated rings. The van der Waals surface area contributed by atoms with Crippen LogP contribution in [0.1, 0.15) is 5.56 Å². The zero-order valence-corrected chi connectivity index (χ0v) is 13.6. The van der Waals surface area contributed by atoms with Gasteiger partial charge >= 0.3 is 0 Å². The Hall–Kier alpha value is -2.49. The fourth-order valence-electron chi connectivity index (χ4n) is 2.57. The lowest BCUT2D eigenvalue weighted by Crippen LogP contribution is -2.59. The number of allylic oxidation sites excluding steroid dienone is 1. The third-order valence-corrected chi connectivity index (χ3v) is 4.29. The minimum atomic E-state index is -0.602. The number of carbonyl (C=O) groups is 1. The largest absolute Gasteiger partial charge is 0.508 e. The van der Waals surface area contributed by atoms with Crippen molar-refractivity contribution in [3.63, 3.8) is 0 Å². The molecule has 2 aliphatic rings. The topological polar surface area (TPSA) is 85.6 Å². The van der Waals surface area contributed by atoms with E-state index in [-0.39, 0.29) is 18.1 Å². The van der Waals surface area contributed by atoms with Crippen LogP contribution in [0.2, 0.25) is 5.02 Å². The number of hydrogen-bond acceptors (Lipinski definition) is 5. The Morgan fingerprint density at radius 1 is 1.50 bits per heavy atom. The summed E-state index contributed by atoms with van der Waals surface area (Å²) >= 11 is 5.88. The van der Waals surface area contributed by atoms with Crippen molar-refractivity contribution in [2.24, 2.45) is 0 Å². The summed E-state index contributed by atoms with van der Waals surface area (Å²) in [6.07, 6.45) is 5.40. The van der Waals surface area contributed by atoms with E-state index < -0.39 is 5.54 Å². The van der Waals surface area contributed by atoms with Crippen molar-refractivity contribution in [2.75, 3.05) is 19.8 Å². The van der Waals surface area contributed by atoms with Crippen molar-refractivity contribution in [2.45, 2.75) is 12.0 Å². The minimum Gasteiger partial charge on any atom is -0.508 e. The molecule has 1 aromatic carbocycles. The maximum absolute atomic E-state index is 12.1. The molecule has 7 heteroatoms. The summed E-state index contributed by atoms with van der Waals surface area (Å²) < 4.78 is 5.14. The number of amides is 1. The van der Waals surface area contributed by atoms with Crippen molar-refractivity contribution in [3.05, 3.63) is 52.8 Å². The Balaban J connectivity index is 1.58. The quantitative estimate of drug-likeness (QED) is 0.867. The monoisotopic (exact) mass is 345 g/mol. The summed E-state index contributed by atoms with van der Waals surface area (Å²) in [5.41, 5.74) is 0.526. The Morgan fingerprint density at radius 2 is 2.29 bits per heavy atom. The molecule has 0 aromatic heterocycles. The van der Waals surface area contributed by atoms with Crippen LogP contribution in [-0.4, -0.2) is 41.2 Å². The van der Waals surface area contributed by atoms with Crippen molar-refractivity contribution in [3.8, 4) is 11.8 Å². The van der Waals surface area contributed by atoms with Crippen LogP contribution in [-0.2, 0) is 16.0 Å². The van der Waals surface area contributed by atoms with Gasteiger partial charge in [0, 0.05) is 29.0 Å². The van der Waals surface area contributed by atoms with Gasteiger partial charge in [0.15, 0.2) is 5.54 Å². The minimum absolute atomic E-state index is 0.0251. The molecule has 2 aliphatic heterocycles. The summed E-state index contributed by atoms with van der Waals surface area (Å²) in [7, 11) is 0. The lowest BCUT2D eigenvalue weighted by Gasteiger charge is -2.44. The third-order valence-electron chi connectivity index (χ3n) is 4.06. The van der Waals surface area contributed by atoms with Gasteiger partial charge in [-0.15, -0.1) is 0 Å². The number of benzene rings is 1. The number of hydrogen-bond donors (Lipinski definition) is 2. The number of nitrogens with one attached hydrogen (secondary N) is 1. The first kappa shape index (κ1) is 16.4. The zero-order chi connectivity index (χ0) is 17.2. The van der Waals surface area contributed by atoms with E-state index in [1.807, 2.05) is 11.0 Å². The van der Waals surface area contributed by atoms with Crippen molar-refractivity contribution < 1.29 is 14.6 Å². The standard InChI is InChI=1S/C17H16ClN3O3/c18-13-1-2-15(22)12(7-13)8-16(23)20-14-3-5-21(6-4-14)17(9-19)10-24-11-17/h1-5,7,22H,6,8,10-11H2,(H,20,23). The molecule has 0 spiro atoms. The molecule has 24 heavy (non-hydrogen) atoms. The van der Waals surface area contributed by atoms with Gasteiger partial charge in [-0.2, -0.15) is 5.26 Å². The van der Waals surface area contributed by atoms with E-state index >= 15 is 0 Å². The molecule has 1 saturated heterocycles. The molecule has 0 radical (unpaired) electrons. The van der Waals surface area contributed by atoms with Crippen LogP contribution in [0.4, 0.5) is 0 Å². The number of phenolic OH excluding ortho intramolecular Hbond substituents is 1. The fourth-order valence-corrected chi connectivity index (χ4v) is 2.76. The number of aromatic hydroxyl groups is 1. The lowest BCUT2D eigenvalue weighted by atomic mass is 9.96. The molecule has 2 heterocycles. The van der Waals surface area contributed by atoms with Gasteiger partial charge in [0.2, 0.25) is 5.91 Å². The molecule has 0 saturated carbocycles. The zero-order valence-electron chi connectivity index (χ0n) is 12.8. The highest BCUT2D eigenvalue weighted by molar-refractivity contribution is 6.30. The summed E-state index contributed by atoms with van der Waals surface area (Å²) in [4.78, 5) is 14.0. The molecule has 0 bridgehead atoms. The normalized spacial score (nSPS) is 18.3. The fraction of sp³-hybridized carbons (Fsp3) is 0.294. The van der Waals surface area contributed by atoms with E-state index in [1.165, 1.54) is 6.07 Å². The molecular weight excluding hydrogens is 330 g/mol. The van der Waals surface area contributed by atoms with E-state index in [4.69, 9.17) is 16.3 Å². The van der Waals surface area contributed by atoms with Crippen LogP contribution in [0.3, 0.4) is 0 Å². The molecular formula is C17H16ClN3O3. The predicted octanol–water partition coefficient (Wildman–Crippen LogP) is 1.71. The van der Waals surface area contributed by atoms with Gasteiger partial charge < -0.3 is 20.1 Å². The van der Waals surface area contributed by atoms with Crippen LogP contribution in [0.25, 0.3) is 0 Å². The highest BCUT2D eigenvalue weighted by Crippen LogP contribution is 2.26. The van der Waals surface area contributed by atoms with E-state index in [0.29, 0.717) is 36.0 Å². The van der Waals surface area contributed by atoms with Gasteiger partial charge in [-0.1, -0.05) is 11.6 Å². The van der Waals surface area contributed by atoms with Crippen molar-refractivity contribution >= 4 is 17.5 Å². The second kappa shape index (κ2) is 6.56. The Morgan fingerprint density at radius 3 is 2.88 bits per heavy atom. The number of ether oxygens (including phenoxy) is 1. The van der Waals surface area contributed by atoms with Crippen LogP contribution >= 0.6 is 11.6 Å². The number of halogens is 1. The van der Waals surface area contributed by atoms with Crippen LogP contribution in [0.15, 0.2) is 42.2 Å². The molecule has 6 nitrogen and oxygen atoms in total. The van der Waals surface area contributed by atoms with E-state index in [2.05, 4.69) is 11.4 Å².